The number of fused-ring (bicyclic) bond motifs is 1. The molecule has 2 fully saturated rings. The van der Waals surface area contributed by atoms with Crippen LogP contribution in [0, 0.1) is 19.8 Å². The molecule has 0 aromatic heterocycles. The van der Waals surface area contributed by atoms with Gasteiger partial charge in [-0.2, -0.15) is 0 Å². The Bertz CT molecular complexity index is 432. The summed E-state index contributed by atoms with van der Waals surface area (Å²) in [6, 6.07) is 7.42. The molecule has 0 aliphatic carbocycles. The average molecular weight is 272 g/mol. The molecule has 0 saturated carbocycles. The van der Waals surface area contributed by atoms with Crippen molar-refractivity contribution in [3.05, 3.63) is 29.3 Å². The number of piperidine rings is 2. The van der Waals surface area contributed by atoms with Crippen LogP contribution in [0.4, 0.5) is 5.69 Å². The van der Waals surface area contributed by atoms with E-state index < -0.39 is 0 Å². The third-order valence-corrected chi connectivity index (χ3v) is 5.25. The SMILES string of the molecule is Cc1cccc(C)c1NC[C@@H]1CCCN2CCCC[C@H]12. The third kappa shape index (κ3) is 2.85. The number of aryl methyl sites for hydroxylation is 2. The Balaban J connectivity index is 1.65. The Morgan fingerprint density at radius 2 is 1.80 bits per heavy atom. The molecule has 0 amide bonds. The highest BCUT2D eigenvalue weighted by Crippen LogP contribution is 2.31. The molecule has 0 spiro atoms. The van der Waals surface area contributed by atoms with Crippen LogP contribution in [0.15, 0.2) is 18.2 Å². The van der Waals surface area contributed by atoms with Gasteiger partial charge in [0.15, 0.2) is 0 Å². The minimum Gasteiger partial charge on any atom is -0.384 e. The van der Waals surface area contributed by atoms with Gasteiger partial charge in [0.1, 0.15) is 0 Å². The first-order valence-corrected chi connectivity index (χ1v) is 8.30. The van der Waals surface area contributed by atoms with Gasteiger partial charge in [0.2, 0.25) is 0 Å². The summed E-state index contributed by atoms with van der Waals surface area (Å²) in [5, 5.41) is 3.76. The largest absolute Gasteiger partial charge is 0.384 e. The number of nitrogens with one attached hydrogen (secondary N) is 1. The molecule has 2 saturated heterocycles. The number of rotatable bonds is 3. The van der Waals surface area contributed by atoms with Crippen molar-refractivity contribution >= 4 is 5.69 Å². The molecule has 1 N–H and O–H groups in total. The van der Waals surface area contributed by atoms with Gasteiger partial charge in [-0.25, -0.2) is 0 Å². The number of nitrogens with zero attached hydrogens (tertiary/aromatic N) is 1. The summed E-state index contributed by atoms with van der Waals surface area (Å²) in [7, 11) is 0. The van der Waals surface area contributed by atoms with Crippen LogP contribution in [0.1, 0.15) is 43.2 Å². The van der Waals surface area contributed by atoms with Gasteiger partial charge in [0, 0.05) is 18.3 Å². The zero-order chi connectivity index (χ0) is 13.9. The highest BCUT2D eigenvalue weighted by Gasteiger charge is 2.32. The van der Waals surface area contributed by atoms with E-state index in [0.717, 1.165) is 18.5 Å². The molecule has 1 aromatic rings. The smallest absolute Gasteiger partial charge is 0.0399 e. The average Bonchev–Trinajstić information content (AvgIpc) is 2.47. The summed E-state index contributed by atoms with van der Waals surface area (Å²) in [4.78, 5) is 2.75. The Hall–Kier alpha value is -1.02. The number of benzene rings is 1. The summed E-state index contributed by atoms with van der Waals surface area (Å²) in [6.45, 7) is 8.24. The van der Waals surface area contributed by atoms with Crippen molar-refractivity contribution in [1.29, 1.82) is 0 Å². The molecule has 2 nitrogen and oxygen atoms in total. The fraction of sp³-hybridized carbons (Fsp3) is 0.667. The zero-order valence-electron chi connectivity index (χ0n) is 13.0. The third-order valence-electron chi connectivity index (χ3n) is 5.25. The van der Waals surface area contributed by atoms with Gasteiger partial charge in [-0.3, -0.25) is 0 Å². The van der Waals surface area contributed by atoms with Gasteiger partial charge in [0.05, 0.1) is 0 Å². The predicted octanol–water partition coefficient (Wildman–Crippen LogP) is 3.98. The molecule has 1 aromatic carbocycles. The number of hydrogen-bond acceptors (Lipinski definition) is 2. The lowest BCUT2D eigenvalue weighted by Crippen LogP contribution is -2.49. The molecule has 2 aliphatic rings. The maximum atomic E-state index is 3.76. The Morgan fingerprint density at radius 1 is 1.05 bits per heavy atom. The van der Waals surface area contributed by atoms with E-state index in [-0.39, 0.29) is 0 Å². The van der Waals surface area contributed by atoms with Crippen LogP contribution in [0.25, 0.3) is 0 Å². The molecular formula is C18H28N2. The molecule has 0 bridgehead atoms. The van der Waals surface area contributed by atoms with Crippen molar-refractivity contribution in [2.45, 2.75) is 52.0 Å². The lowest BCUT2D eigenvalue weighted by atomic mass is 9.83. The fourth-order valence-corrected chi connectivity index (χ4v) is 4.14. The highest BCUT2D eigenvalue weighted by atomic mass is 15.2. The molecule has 2 heteroatoms. The maximum absolute atomic E-state index is 3.76. The molecule has 0 unspecified atom stereocenters. The monoisotopic (exact) mass is 272 g/mol. The van der Waals surface area contributed by atoms with E-state index in [1.165, 1.54) is 62.0 Å². The molecular weight excluding hydrogens is 244 g/mol. The molecule has 2 aliphatic heterocycles. The van der Waals surface area contributed by atoms with Crippen LogP contribution in [0.2, 0.25) is 0 Å². The number of para-hydroxylation sites is 1. The first-order valence-electron chi connectivity index (χ1n) is 8.30. The summed E-state index contributed by atoms with van der Waals surface area (Å²) < 4.78 is 0. The number of anilines is 1. The standard InChI is InChI=1S/C18H28N2/c1-14-7-5-8-15(2)18(14)19-13-16-9-6-12-20-11-4-3-10-17(16)20/h5,7-8,16-17,19H,3-4,6,9-13H2,1-2H3/t16-,17+/m0/s1. The molecule has 2 atom stereocenters. The Kier molecular flexibility index (Phi) is 4.30. The fourth-order valence-electron chi connectivity index (χ4n) is 4.14. The minimum atomic E-state index is 0.836. The van der Waals surface area contributed by atoms with Gasteiger partial charge in [0.25, 0.3) is 0 Å². The number of hydrogen-bond donors (Lipinski definition) is 1. The van der Waals surface area contributed by atoms with Crippen molar-refractivity contribution in [2.24, 2.45) is 5.92 Å². The van der Waals surface area contributed by atoms with Gasteiger partial charge in [-0.15, -0.1) is 0 Å². The van der Waals surface area contributed by atoms with Crippen LogP contribution >= 0.6 is 0 Å². The minimum absolute atomic E-state index is 0.836. The Labute approximate surface area is 123 Å². The van der Waals surface area contributed by atoms with Crippen LogP contribution < -0.4 is 5.32 Å². The van der Waals surface area contributed by atoms with Crippen molar-refractivity contribution in [1.82, 2.24) is 4.90 Å². The van der Waals surface area contributed by atoms with Gasteiger partial charge >= 0.3 is 0 Å². The van der Waals surface area contributed by atoms with E-state index in [9.17, 15) is 0 Å². The molecule has 3 rings (SSSR count). The van der Waals surface area contributed by atoms with Crippen LogP contribution in [-0.2, 0) is 0 Å². The van der Waals surface area contributed by atoms with Crippen LogP contribution in [-0.4, -0.2) is 30.6 Å². The zero-order valence-corrected chi connectivity index (χ0v) is 13.0. The molecule has 0 radical (unpaired) electrons. The van der Waals surface area contributed by atoms with Gasteiger partial charge < -0.3 is 10.2 Å². The van der Waals surface area contributed by atoms with Crippen molar-refractivity contribution in [3.63, 3.8) is 0 Å². The summed E-state index contributed by atoms with van der Waals surface area (Å²) in [5.41, 5.74) is 4.11. The Morgan fingerprint density at radius 3 is 2.60 bits per heavy atom. The van der Waals surface area contributed by atoms with Gasteiger partial charge in [-0.05, 0) is 69.7 Å². The maximum Gasteiger partial charge on any atom is 0.0399 e. The summed E-state index contributed by atoms with van der Waals surface area (Å²) >= 11 is 0. The first kappa shape index (κ1) is 13.9. The van der Waals surface area contributed by atoms with E-state index in [1.54, 1.807) is 0 Å². The highest BCUT2D eigenvalue weighted by molar-refractivity contribution is 5.56. The van der Waals surface area contributed by atoms with Crippen molar-refractivity contribution in [3.8, 4) is 0 Å². The van der Waals surface area contributed by atoms with Crippen molar-refractivity contribution < 1.29 is 0 Å². The molecule has 20 heavy (non-hydrogen) atoms. The lowest BCUT2D eigenvalue weighted by molar-refractivity contribution is 0.0649. The van der Waals surface area contributed by atoms with Gasteiger partial charge in [-0.1, -0.05) is 24.6 Å². The van der Waals surface area contributed by atoms with Crippen LogP contribution in [0.5, 0.6) is 0 Å². The van der Waals surface area contributed by atoms with E-state index in [4.69, 9.17) is 0 Å². The first-order chi connectivity index (χ1) is 9.75. The second-order valence-corrected chi connectivity index (χ2v) is 6.65. The van der Waals surface area contributed by atoms with E-state index in [0.29, 0.717) is 0 Å². The lowest BCUT2D eigenvalue weighted by Gasteiger charge is -2.44. The molecule has 2 heterocycles. The quantitative estimate of drug-likeness (QED) is 0.895. The van der Waals surface area contributed by atoms with Crippen molar-refractivity contribution in [2.75, 3.05) is 25.0 Å². The molecule has 110 valence electrons. The van der Waals surface area contributed by atoms with E-state index in [1.807, 2.05) is 0 Å². The predicted molar refractivity (Wildman–Crippen MR) is 86.3 cm³/mol. The van der Waals surface area contributed by atoms with E-state index in [2.05, 4.69) is 42.3 Å². The normalized spacial score (nSPS) is 27.1. The van der Waals surface area contributed by atoms with Crippen LogP contribution in [0.3, 0.4) is 0 Å². The summed E-state index contributed by atoms with van der Waals surface area (Å²) in [5.74, 6) is 0.836. The second-order valence-electron chi connectivity index (χ2n) is 6.65. The summed E-state index contributed by atoms with van der Waals surface area (Å²) in [6.07, 6.45) is 7.04. The second kappa shape index (κ2) is 6.17. The topological polar surface area (TPSA) is 15.3 Å². The van der Waals surface area contributed by atoms with E-state index >= 15 is 0 Å².